The Bertz CT molecular complexity index is 538. The average molecular weight is 316 g/mol. The van der Waals surface area contributed by atoms with Crippen molar-refractivity contribution in [1.82, 2.24) is 0 Å². The number of allylic oxidation sites excluding steroid dienone is 5. The van der Waals surface area contributed by atoms with E-state index in [-0.39, 0.29) is 23.2 Å². The molecule has 0 saturated heterocycles. The first kappa shape index (κ1) is 18.0. The van der Waals surface area contributed by atoms with Crippen LogP contribution in [0, 0.1) is 22.7 Å². The van der Waals surface area contributed by atoms with E-state index in [0.29, 0.717) is 5.92 Å². The molecule has 2 saturated carbocycles. The van der Waals surface area contributed by atoms with Gasteiger partial charge in [0.1, 0.15) is 0 Å². The fraction of sp³-hybridized carbons (Fsp3) is 0.667. The summed E-state index contributed by atoms with van der Waals surface area (Å²) in [7, 11) is 0. The second-order valence-electron chi connectivity index (χ2n) is 8.37. The molecule has 0 aliphatic heterocycles. The molecule has 2 rings (SSSR count). The largest absolute Gasteiger partial charge is 0.481 e. The van der Waals surface area contributed by atoms with Gasteiger partial charge in [-0.3, -0.25) is 4.79 Å². The molecule has 0 bridgehead atoms. The number of carbonyl (C=O) groups is 1. The molecule has 2 aliphatic carbocycles. The van der Waals surface area contributed by atoms with Gasteiger partial charge in [0.15, 0.2) is 0 Å². The van der Waals surface area contributed by atoms with Crippen molar-refractivity contribution in [2.75, 3.05) is 0 Å². The highest BCUT2D eigenvalue weighted by molar-refractivity contribution is 5.67. The van der Waals surface area contributed by atoms with E-state index in [1.807, 2.05) is 0 Å². The summed E-state index contributed by atoms with van der Waals surface area (Å²) in [5.74, 6) is -0.0268. The highest BCUT2D eigenvalue weighted by atomic mass is 16.4. The minimum atomic E-state index is -0.689. The smallest absolute Gasteiger partial charge is 0.303 e. The Labute approximate surface area is 141 Å². The number of hydrogen-bond acceptors (Lipinski definition) is 1. The van der Waals surface area contributed by atoms with Crippen molar-refractivity contribution in [3.8, 4) is 0 Å². The Morgan fingerprint density at radius 1 is 1.35 bits per heavy atom. The van der Waals surface area contributed by atoms with Gasteiger partial charge in [0, 0.05) is 0 Å². The van der Waals surface area contributed by atoms with Crippen LogP contribution in [0.4, 0.5) is 0 Å². The molecule has 2 nitrogen and oxygen atoms in total. The summed E-state index contributed by atoms with van der Waals surface area (Å²) in [6.45, 7) is 13.2. The summed E-state index contributed by atoms with van der Waals surface area (Å²) in [4.78, 5) is 11.4. The van der Waals surface area contributed by atoms with Crippen LogP contribution in [-0.2, 0) is 4.79 Å². The maximum atomic E-state index is 11.4. The van der Waals surface area contributed by atoms with Crippen LogP contribution in [0.2, 0.25) is 0 Å². The van der Waals surface area contributed by atoms with Crippen molar-refractivity contribution < 1.29 is 9.90 Å². The van der Waals surface area contributed by atoms with Gasteiger partial charge in [-0.15, -0.1) is 0 Å². The minimum Gasteiger partial charge on any atom is -0.481 e. The van der Waals surface area contributed by atoms with Crippen LogP contribution in [0.15, 0.2) is 36.0 Å². The highest BCUT2D eigenvalue weighted by Crippen LogP contribution is 2.62. The third kappa shape index (κ3) is 3.62. The monoisotopic (exact) mass is 316 g/mol. The Morgan fingerprint density at radius 2 is 2.04 bits per heavy atom. The van der Waals surface area contributed by atoms with Gasteiger partial charge in [-0.05, 0) is 62.2 Å². The van der Waals surface area contributed by atoms with E-state index in [1.165, 1.54) is 18.4 Å². The van der Waals surface area contributed by atoms with Gasteiger partial charge in [0.2, 0.25) is 0 Å². The van der Waals surface area contributed by atoms with Crippen molar-refractivity contribution in [3.63, 3.8) is 0 Å². The lowest BCUT2D eigenvalue weighted by Gasteiger charge is -2.58. The number of hydrogen-bond donors (Lipinski definition) is 1. The molecule has 4 atom stereocenters. The summed E-state index contributed by atoms with van der Waals surface area (Å²) in [6, 6.07) is 0. The second-order valence-corrected chi connectivity index (χ2v) is 8.37. The minimum absolute atomic E-state index is 0.0655. The molecule has 23 heavy (non-hydrogen) atoms. The Morgan fingerprint density at radius 3 is 2.65 bits per heavy atom. The van der Waals surface area contributed by atoms with Gasteiger partial charge < -0.3 is 5.11 Å². The third-order valence-corrected chi connectivity index (χ3v) is 6.35. The fourth-order valence-electron chi connectivity index (χ4n) is 5.21. The van der Waals surface area contributed by atoms with Crippen LogP contribution < -0.4 is 0 Å². The number of fused-ring (bicyclic) bond motifs is 1. The van der Waals surface area contributed by atoms with Crippen molar-refractivity contribution in [1.29, 1.82) is 0 Å². The van der Waals surface area contributed by atoms with E-state index in [9.17, 15) is 9.90 Å². The fourth-order valence-corrected chi connectivity index (χ4v) is 5.21. The van der Waals surface area contributed by atoms with Crippen molar-refractivity contribution >= 4 is 5.97 Å². The van der Waals surface area contributed by atoms with Crippen molar-refractivity contribution in [2.45, 2.75) is 66.2 Å². The van der Waals surface area contributed by atoms with Gasteiger partial charge in [-0.25, -0.2) is 0 Å². The zero-order valence-electron chi connectivity index (χ0n) is 15.2. The topological polar surface area (TPSA) is 37.3 Å². The number of aliphatic carboxylic acids is 1. The van der Waals surface area contributed by atoms with E-state index >= 15 is 0 Å². The molecule has 0 aromatic carbocycles. The lowest BCUT2D eigenvalue weighted by molar-refractivity contribution is -0.141. The molecule has 2 aliphatic rings. The maximum absolute atomic E-state index is 11.4. The van der Waals surface area contributed by atoms with Gasteiger partial charge in [0.05, 0.1) is 6.42 Å². The van der Waals surface area contributed by atoms with Crippen LogP contribution in [-0.4, -0.2) is 11.1 Å². The van der Waals surface area contributed by atoms with Gasteiger partial charge >= 0.3 is 5.97 Å². The van der Waals surface area contributed by atoms with Gasteiger partial charge in [-0.2, -0.15) is 0 Å². The molecular weight excluding hydrogens is 284 g/mol. The molecule has 128 valence electrons. The average Bonchev–Trinajstić information content (AvgIpc) is 2.42. The first-order valence-corrected chi connectivity index (χ1v) is 8.91. The van der Waals surface area contributed by atoms with Crippen molar-refractivity contribution in [3.05, 3.63) is 36.0 Å². The molecule has 0 spiro atoms. The van der Waals surface area contributed by atoms with Gasteiger partial charge in [-0.1, -0.05) is 56.2 Å². The van der Waals surface area contributed by atoms with Crippen LogP contribution >= 0.6 is 0 Å². The molecule has 2 heteroatoms. The van der Waals surface area contributed by atoms with Crippen LogP contribution in [0.5, 0.6) is 0 Å². The molecule has 2 fully saturated rings. The molecular formula is C21H32O2. The summed E-state index contributed by atoms with van der Waals surface area (Å²) in [5.41, 5.74) is 2.69. The number of carboxylic acid groups (broad SMARTS) is 1. The molecule has 0 aromatic rings. The van der Waals surface area contributed by atoms with Crippen LogP contribution in [0.1, 0.15) is 66.2 Å². The van der Waals surface area contributed by atoms with E-state index in [0.717, 1.165) is 24.8 Å². The zero-order valence-corrected chi connectivity index (χ0v) is 15.2. The Balaban J connectivity index is 2.34. The van der Waals surface area contributed by atoms with E-state index in [2.05, 4.69) is 52.5 Å². The third-order valence-electron chi connectivity index (χ3n) is 6.35. The summed E-state index contributed by atoms with van der Waals surface area (Å²) < 4.78 is 0. The van der Waals surface area contributed by atoms with E-state index in [1.54, 1.807) is 0 Å². The second kappa shape index (κ2) is 6.67. The molecule has 0 unspecified atom stereocenters. The summed E-state index contributed by atoms with van der Waals surface area (Å²) in [6.07, 6.45) is 12.6. The summed E-state index contributed by atoms with van der Waals surface area (Å²) >= 11 is 0. The highest BCUT2D eigenvalue weighted by Gasteiger charge is 2.53. The molecule has 0 aromatic heterocycles. The molecule has 0 amide bonds. The Kier molecular flexibility index (Phi) is 5.23. The molecule has 1 N–H and O–H groups in total. The first-order valence-electron chi connectivity index (χ1n) is 8.91. The number of rotatable bonds is 4. The van der Waals surface area contributed by atoms with Crippen LogP contribution in [0.3, 0.4) is 0 Å². The zero-order chi connectivity index (χ0) is 17.3. The predicted molar refractivity (Wildman–Crippen MR) is 96.2 cm³/mol. The SMILES string of the molecule is C=C1CC[C@@H]2[C@](C)(CCC[C@@]2(C)/C=C/C=C(C)C)[C@H]1CC(=O)O. The lowest BCUT2D eigenvalue weighted by Crippen LogP contribution is -2.50. The lowest BCUT2D eigenvalue weighted by atomic mass is 9.46. The molecule has 0 heterocycles. The van der Waals surface area contributed by atoms with Crippen molar-refractivity contribution in [2.24, 2.45) is 22.7 Å². The quantitative estimate of drug-likeness (QED) is 0.528. The van der Waals surface area contributed by atoms with Crippen LogP contribution in [0.25, 0.3) is 0 Å². The van der Waals surface area contributed by atoms with Gasteiger partial charge in [0.25, 0.3) is 0 Å². The van der Waals surface area contributed by atoms with E-state index < -0.39 is 5.97 Å². The maximum Gasteiger partial charge on any atom is 0.303 e. The summed E-state index contributed by atoms with van der Waals surface area (Å²) in [5, 5.41) is 9.36. The van der Waals surface area contributed by atoms with E-state index in [4.69, 9.17) is 0 Å². The predicted octanol–water partition coefficient (Wildman–Crippen LogP) is 5.76. The first-order chi connectivity index (χ1) is 10.7. The molecule has 0 radical (unpaired) electrons. The standard InChI is InChI=1S/C21H32O2/c1-15(2)8-6-11-20(4)12-7-13-21(5)17(14-19(22)23)16(3)9-10-18(20)21/h6,8,11,17-18H,3,7,9-10,12-14H2,1-2,4-5H3,(H,22,23)/b11-6+/t17-,18-,20+,21+/m0/s1. The number of carboxylic acids is 1. The Hall–Kier alpha value is -1.31. The normalized spacial score (nSPS) is 37.5.